The lowest BCUT2D eigenvalue weighted by atomic mass is 9.92. The minimum Gasteiger partial charge on any atom is -0.372 e. The molecule has 3 rings (SSSR count). The van der Waals surface area contributed by atoms with E-state index in [1.807, 2.05) is 12.1 Å². The second kappa shape index (κ2) is 5.52. The van der Waals surface area contributed by atoms with E-state index in [4.69, 9.17) is 15.0 Å². The number of fused-ring (bicyclic) bond motifs is 1. The van der Waals surface area contributed by atoms with Crippen molar-refractivity contribution < 1.29 is 9.26 Å². The fourth-order valence-corrected chi connectivity index (χ4v) is 2.36. The SMILES string of the molecule is Cl.NCC1OCCc2c(-c3ccno3)cccc21. The Morgan fingerprint density at radius 3 is 2.94 bits per heavy atom. The molecule has 0 radical (unpaired) electrons. The summed E-state index contributed by atoms with van der Waals surface area (Å²) in [6.07, 6.45) is 2.55. The molecule has 4 nitrogen and oxygen atoms in total. The first-order valence-electron chi connectivity index (χ1n) is 5.74. The predicted octanol–water partition coefficient (Wildman–Crippen LogP) is 2.34. The zero-order chi connectivity index (χ0) is 11.7. The second-order valence-corrected chi connectivity index (χ2v) is 4.10. The Kier molecular flexibility index (Phi) is 4.01. The highest BCUT2D eigenvalue weighted by molar-refractivity contribution is 5.85. The van der Waals surface area contributed by atoms with Crippen molar-refractivity contribution in [3.05, 3.63) is 41.6 Å². The van der Waals surface area contributed by atoms with Gasteiger partial charge in [0.15, 0.2) is 5.76 Å². The summed E-state index contributed by atoms with van der Waals surface area (Å²) in [6, 6.07) is 8.01. The molecule has 0 saturated heterocycles. The zero-order valence-corrected chi connectivity index (χ0v) is 10.7. The van der Waals surface area contributed by atoms with Gasteiger partial charge >= 0.3 is 0 Å². The van der Waals surface area contributed by atoms with Crippen molar-refractivity contribution in [2.75, 3.05) is 13.2 Å². The number of hydrogen-bond acceptors (Lipinski definition) is 4. The molecule has 1 aromatic heterocycles. The van der Waals surface area contributed by atoms with E-state index in [9.17, 15) is 0 Å². The van der Waals surface area contributed by atoms with E-state index in [0.29, 0.717) is 13.2 Å². The summed E-state index contributed by atoms with van der Waals surface area (Å²) in [7, 11) is 0. The quantitative estimate of drug-likeness (QED) is 0.906. The van der Waals surface area contributed by atoms with Gasteiger partial charge in [0.1, 0.15) is 0 Å². The van der Waals surface area contributed by atoms with Crippen LogP contribution in [-0.4, -0.2) is 18.3 Å². The number of hydrogen-bond donors (Lipinski definition) is 1. The maximum atomic E-state index is 5.73. The summed E-state index contributed by atoms with van der Waals surface area (Å²) in [6.45, 7) is 1.22. The zero-order valence-electron chi connectivity index (χ0n) is 9.83. The summed E-state index contributed by atoms with van der Waals surface area (Å²) in [5.41, 5.74) is 9.27. The maximum Gasteiger partial charge on any atom is 0.167 e. The van der Waals surface area contributed by atoms with E-state index in [0.717, 1.165) is 17.7 Å². The highest BCUT2D eigenvalue weighted by Gasteiger charge is 2.22. The summed E-state index contributed by atoms with van der Waals surface area (Å²) < 4.78 is 10.9. The Morgan fingerprint density at radius 2 is 2.22 bits per heavy atom. The molecule has 0 bridgehead atoms. The van der Waals surface area contributed by atoms with Crippen LogP contribution in [0, 0.1) is 0 Å². The van der Waals surface area contributed by atoms with Gasteiger partial charge in [-0.2, -0.15) is 0 Å². The standard InChI is InChI=1S/C13H14N2O2.ClH/c14-8-13-11-3-1-2-10(9(11)5-7-16-13)12-4-6-15-17-12;/h1-4,6,13H,5,7-8,14H2;1H. The first-order chi connectivity index (χ1) is 8.40. The molecular weight excluding hydrogens is 252 g/mol. The van der Waals surface area contributed by atoms with Crippen molar-refractivity contribution >= 4 is 12.4 Å². The summed E-state index contributed by atoms with van der Waals surface area (Å²) in [4.78, 5) is 0. The molecule has 2 N–H and O–H groups in total. The summed E-state index contributed by atoms with van der Waals surface area (Å²) >= 11 is 0. The fourth-order valence-electron chi connectivity index (χ4n) is 2.36. The van der Waals surface area contributed by atoms with Gasteiger partial charge in [-0.3, -0.25) is 0 Å². The van der Waals surface area contributed by atoms with Crippen LogP contribution >= 0.6 is 12.4 Å². The van der Waals surface area contributed by atoms with Gasteiger partial charge in [-0.1, -0.05) is 23.4 Å². The van der Waals surface area contributed by atoms with Gasteiger partial charge in [0.05, 0.1) is 18.9 Å². The van der Waals surface area contributed by atoms with Gasteiger partial charge in [-0.15, -0.1) is 12.4 Å². The number of aromatic nitrogens is 1. The van der Waals surface area contributed by atoms with Gasteiger partial charge < -0.3 is 15.0 Å². The number of nitrogens with zero attached hydrogens (tertiary/aromatic N) is 1. The minimum atomic E-state index is 0. The Labute approximate surface area is 112 Å². The van der Waals surface area contributed by atoms with Crippen LogP contribution in [0.5, 0.6) is 0 Å². The Hall–Kier alpha value is -1.36. The van der Waals surface area contributed by atoms with Crippen molar-refractivity contribution in [1.29, 1.82) is 0 Å². The fraction of sp³-hybridized carbons (Fsp3) is 0.308. The van der Waals surface area contributed by atoms with Crippen molar-refractivity contribution in [2.45, 2.75) is 12.5 Å². The molecule has 0 aliphatic carbocycles. The Bertz CT molecular complexity index is 514. The van der Waals surface area contributed by atoms with Gasteiger partial charge in [0.2, 0.25) is 0 Å². The van der Waals surface area contributed by atoms with Crippen LogP contribution in [0.1, 0.15) is 17.2 Å². The molecule has 1 unspecified atom stereocenters. The normalized spacial score (nSPS) is 17.9. The molecule has 18 heavy (non-hydrogen) atoms. The molecule has 1 aromatic carbocycles. The molecule has 5 heteroatoms. The molecule has 1 atom stereocenters. The Balaban J connectivity index is 0.00000120. The highest BCUT2D eigenvalue weighted by Crippen LogP contribution is 2.33. The molecule has 1 aliphatic heterocycles. The molecule has 2 aromatic rings. The van der Waals surface area contributed by atoms with Crippen LogP contribution in [0.15, 0.2) is 35.0 Å². The average Bonchev–Trinajstić information content (AvgIpc) is 2.91. The minimum absolute atomic E-state index is 0. The predicted molar refractivity (Wildman–Crippen MR) is 70.6 cm³/mol. The molecule has 0 spiro atoms. The lowest BCUT2D eigenvalue weighted by Gasteiger charge is -2.26. The Morgan fingerprint density at radius 1 is 1.33 bits per heavy atom. The van der Waals surface area contributed by atoms with Crippen molar-refractivity contribution in [1.82, 2.24) is 5.16 Å². The van der Waals surface area contributed by atoms with Crippen LogP contribution in [0.4, 0.5) is 0 Å². The lowest BCUT2D eigenvalue weighted by molar-refractivity contribution is 0.0486. The molecule has 0 amide bonds. The van der Waals surface area contributed by atoms with Gasteiger partial charge in [0, 0.05) is 18.2 Å². The summed E-state index contributed by atoms with van der Waals surface area (Å²) in [5, 5.41) is 3.76. The molecule has 0 saturated carbocycles. The molecule has 1 aliphatic rings. The number of rotatable bonds is 2. The third-order valence-electron chi connectivity index (χ3n) is 3.15. The number of ether oxygens (including phenoxy) is 1. The maximum absolute atomic E-state index is 5.73. The third kappa shape index (κ3) is 2.14. The van der Waals surface area contributed by atoms with Crippen molar-refractivity contribution in [2.24, 2.45) is 5.73 Å². The van der Waals surface area contributed by atoms with E-state index in [2.05, 4.69) is 17.3 Å². The van der Waals surface area contributed by atoms with E-state index in [-0.39, 0.29) is 18.5 Å². The van der Waals surface area contributed by atoms with Gasteiger partial charge in [0.25, 0.3) is 0 Å². The number of halogens is 1. The van der Waals surface area contributed by atoms with Gasteiger partial charge in [-0.25, -0.2) is 0 Å². The molecule has 96 valence electrons. The summed E-state index contributed by atoms with van der Waals surface area (Å²) in [5.74, 6) is 0.805. The first kappa shape index (κ1) is 13.1. The van der Waals surface area contributed by atoms with Crippen LogP contribution in [-0.2, 0) is 11.2 Å². The number of benzene rings is 1. The van der Waals surface area contributed by atoms with Gasteiger partial charge in [-0.05, 0) is 17.5 Å². The van der Waals surface area contributed by atoms with Crippen LogP contribution < -0.4 is 5.73 Å². The van der Waals surface area contributed by atoms with Crippen LogP contribution in [0.3, 0.4) is 0 Å². The second-order valence-electron chi connectivity index (χ2n) is 4.10. The van der Waals surface area contributed by atoms with Crippen LogP contribution in [0.25, 0.3) is 11.3 Å². The third-order valence-corrected chi connectivity index (χ3v) is 3.15. The number of nitrogens with two attached hydrogens (primary N) is 1. The van der Waals surface area contributed by atoms with E-state index in [1.165, 1.54) is 11.1 Å². The molecule has 2 heterocycles. The monoisotopic (exact) mass is 266 g/mol. The van der Waals surface area contributed by atoms with Crippen LogP contribution in [0.2, 0.25) is 0 Å². The first-order valence-corrected chi connectivity index (χ1v) is 5.74. The molecular formula is C13H15ClN2O2. The smallest absolute Gasteiger partial charge is 0.167 e. The van der Waals surface area contributed by atoms with E-state index in [1.54, 1.807) is 6.20 Å². The van der Waals surface area contributed by atoms with E-state index < -0.39 is 0 Å². The largest absolute Gasteiger partial charge is 0.372 e. The lowest BCUT2D eigenvalue weighted by Crippen LogP contribution is -2.23. The topological polar surface area (TPSA) is 61.3 Å². The molecule has 0 fully saturated rings. The highest BCUT2D eigenvalue weighted by atomic mass is 35.5. The van der Waals surface area contributed by atoms with Crippen molar-refractivity contribution in [3.8, 4) is 11.3 Å². The van der Waals surface area contributed by atoms with Crippen molar-refractivity contribution in [3.63, 3.8) is 0 Å². The van der Waals surface area contributed by atoms with E-state index >= 15 is 0 Å². The average molecular weight is 267 g/mol.